The zero-order valence-electron chi connectivity index (χ0n) is 31.0. The topological polar surface area (TPSA) is 41.0 Å². The van der Waals surface area contributed by atoms with Crippen LogP contribution in [0.5, 0.6) is 0 Å². The van der Waals surface area contributed by atoms with Crippen molar-refractivity contribution in [3.05, 3.63) is 198 Å². The maximum absolute atomic E-state index is 3.92. The Morgan fingerprint density at radius 3 is 2.16 bits per heavy atom. The molecule has 272 valence electrons. The molecule has 3 heterocycles. The highest BCUT2D eigenvalue weighted by molar-refractivity contribution is 7.26. The van der Waals surface area contributed by atoms with E-state index in [1.807, 2.05) is 11.3 Å². The van der Waals surface area contributed by atoms with E-state index in [2.05, 4.69) is 197 Å². The highest BCUT2D eigenvalue weighted by Gasteiger charge is 2.31. The van der Waals surface area contributed by atoms with E-state index < -0.39 is 0 Å². The molecule has 0 bridgehead atoms. The van der Waals surface area contributed by atoms with Crippen molar-refractivity contribution in [1.82, 2.24) is 20.5 Å². The second-order valence-corrected chi connectivity index (χ2v) is 16.3. The summed E-state index contributed by atoms with van der Waals surface area (Å²) in [5, 5.41) is 16.9. The zero-order valence-corrected chi connectivity index (χ0v) is 31.8. The van der Waals surface area contributed by atoms with Crippen LogP contribution >= 0.6 is 11.3 Å². The number of hydrogen-bond acceptors (Lipinski definition) is 4. The highest BCUT2D eigenvalue weighted by atomic mass is 32.1. The number of benzene rings is 6. The molecule has 6 aromatic carbocycles. The summed E-state index contributed by atoms with van der Waals surface area (Å²) in [6, 6.07) is 49.4. The summed E-state index contributed by atoms with van der Waals surface area (Å²) < 4.78 is 5.21. The van der Waals surface area contributed by atoms with Crippen LogP contribution in [0.1, 0.15) is 54.2 Å². The predicted molar refractivity (Wildman–Crippen MR) is 236 cm³/mol. The van der Waals surface area contributed by atoms with Crippen LogP contribution in [0.15, 0.2) is 182 Å². The lowest BCUT2D eigenvalue weighted by Crippen LogP contribution is -2.59. The first-order chi connectivity index (χ1) is 27.8. The Hall–Kier alpha value is -5.82. The third kappa shape index (κ3) is 5.78. The fraction of sp³-hybridized carbons (Fsp3) is 0.137. The van der Waals surface area contributed by atoms with Gasteiger partial charge in [0, 0.05) is 42.6 Å². The van der Waals surface area contributed by atoms with Crippen molar-refractivity contribution in [3.63, 3.8) is 0 Å². The van der Waals surface area contributed by atoms with Gasteiger partial charge in [0.2, 0.25) is 0 Å². The van der Waals surface area contributed by atoms with Gasteiger partial charge >= 0.3 is 0 Å². The Balaban J connectivity index is 1.00. The largest absolute Gasteiger partial charge is 0.309 e. The van der Waals surface area contributed by atoms with Gasteiger partial charge in [0.05, 0.1) is 29.5 Å². The average molecular weight is 743 g/mol. The molecule has 4 atom stereocenters. The molecule has 4 nitrogen and oxygen atoms in total. The molecule has 1 aliphatic heterocycles. The van der Waals surface area contributed by atoms with E-state index in [0.29, 0.717) is 5.92 Å². The van der Waals surface area contributed by atoms with Gasteiger partial charge in [0.25, 0.3) is 0 Å². The number of thiophene rings is 1. The SMILES string of the molecule is C1=CCCC(C2NC(c3ccccc3)NC(c3cccc(-n4c5ccccc5c5cc(-c6cccc7c6sc6c(C8C=CC=CC8)cccc67)ccc54)c3)N2)=C1. The van der Waals surface area contributed by atoms with E-state index in [-0.39, 0.29) is 18.5 Å². The number of hydrogen-bond donors (Lipinski definition) is 3. The van der Waals surface area contributed by atoms with Gasteiger partial charge in [-0.05, 0) is 83.0 Å². The average Bonchev–Trinajstić information content (AvgIpc) is 3.83. The van der Waals surface area contributed by atoms with E-state index in [9.17, 15) is 0 Å². The molecule has 2 aromatic heterocycles. The van der Waals surface area contributed by atoms with Gasteiger partial charge in [-0.3, -0.25) is 16.0 Å². The van der Waals surface area contributed by atoms with Gasteiger partial charge in [-0.15, -0.1) is 11.3 Å². The van der Waals surface area contributed by atoms with Crippen molar-refractivity contribution in [2.45, 2.75) is 43.7 Å². The molecule has 0 spiro atoms. The Morgan fingerprint density at radius 2 is 1.30 bits per heavy atom. The molecule has 2 aliphatic carbocycles. The van der Waals surface area contributed by atoms with E-state index in [1.54, 1.807) is 0 Å². The van der Waals surface area contributed by atoms with Crippen LogP contribution in [0.25, 0.3) is 58.8 Å². The Kier molecular flexibility index (Phi) is 8.40. The summed E-state index contributed by atoms with van der Waals surface area (Å²) in [5.74, 6) is 0.418. The molecular formula is C51H42N4S. The van der Waals surface area contributed by atoms with Crippen LogP contribution in [0, 0.1) is 0 Å². The molecule has 1 fully saturated rings. The van der Waals surface area contributed by atoms with E-state index in [4.69, 9.17) is 0 Å². The van der Waals surface area contributed by atoms with Crippen LogP contribution in [-0.2, 0) is 0 Å². The molecule has 0 saturated carbocycles. The smallest absolute Gasteiger partial charge is 0.0865 e. The Labute approximate surface area is 331 Å². The number of para-hydroxylation sites is 1. The second kappa shape index (κ2) is 14.0. The Bertz CT molecular complexity index is 2910. The quantitative estimate of drug-likeness (QED) is 0.159. The monoisotopic (exact) mass is 742 g/mol. The summed E-state index contributed by atoms with van der Waals surface area (Å²) in [4.78, 5) is 0. The van der Waals surface area contributed by atoms with Gasteiger partial charge in [-0.2, -0.15) is 0 Å². The van der Waals surface area contributed by atoms with E-state index >= 15 is 0 Å². The second-order valence-electron chi connectivity index (χ2n) is 15.3. The highest BCUT2D eigenvalue weighted by Crippen LogP contribution is 2.45. The molecule has 56 heavy (non-hydrogen) atoms. The summed E-state index contributed by atoms with van der Waals surface area (Å²) in [6.45, 7) is 0. The number of fused-ring (bicyclic) bond motifs is 6. The first-order valence-electron chi connectivity index (χ1n) is 19.9. The molecule has 1 saturated heterocycles. The fourth-order valence-electron chi connectivity index (χ4n) is 9.19. The zero-order chi connectivity index (χ0) is 37.0. The van der Waals surface area contributed by atoms with Crippen LogP contribution in [0.4, 0.5) is 0 Å². The molecule has 3 aliphatic rings. The minimum atomic E-state index is -0.0502. The molecular weight excluding hydrogens is 701 g/mol. The third-order valence-corrected chi connectivity index (χ3v) is 13.2. The van der Waals surface area contributed by atoms with Crippen molar-refractivity contribution < 1.29 is 0 Å². The standard InChI is InChI=1S/C51H42N4S/c1-4-15-33(16-5-1)39-24-13-26-42-43-27-14-25-40(48(43)56-47(39)42)36-29-30-46-44(32-36)41-23-10-11-28-45(41)55(46)38-22-12-21-37(31-38)51-53-49(34-17-6-2-7-18-34)52-50(54-51)35-19-8-3-9-20-35/h1-8,10-15,17-19,21-33,49-54H,9,16,20H2. The lowest BCUT2D eigenvalue weighted by Gasteiger charge is -2.40. The maximum atomic E-state index is 3.92. The van der Waals surface area contributed by atoms with Gasteiger partial charge in [0.1, 0.15) is 0 Å². The maximum Gasteiger partial charge on any atom is 0.0865 e. The normalized spacial score (nSPS) is 21.0. The molecule has 3 N–H and O–H groups in total. The van der Waals surface area contributed by atoms with Gasteiger partial charge < -0.3 is 4.57 Å². The number of nitrogens with one attached hydrogen (secondary N) is 3. The fourth-order valence-corrected chi connectivity index (χ4v) is 10.6. The summed E-state index contributed by atoms with van der Waals surface area (Å²) >= 11 is 1.95. The van der Waals surface area contributed by atoms with Crippen molar-refractivity contribution in [2.24, 2.45) is 0 Å². The van der Waals surface area contributed by atoms with Crippen molar-refractivity contribution >= 4 is 53.3 Å². The van der Waals surface area contributed by atoms with Gasteiger partial charge in [0.15, 0.2) is 0 Å². The lowest BCUT2D eigenvalue weighted by molar-refractivity contribution is 0.219. The van der Waals surface area contributed by atoms with Crippen molar-refractivity contribution in [1.29, 1.82) is 0 Å². The molecule has 5 heteroatoms. The summed E-state index contributed by atoms with van der Waals surface area (Å²) in [7, 11) is 0. The predicted octanol–water partition coefficient (Wildman–Crippen LogP) is 12.5. The first kappa shape index (κ1) is 33.5. The van der Waals surface area contributed by atoms with Crippen LogP contribution < -0.4 is 16.0 Å². The third-order valence-electron chi connectivity index (χ3n) is 11.9. The number of aromatic nitrogens is 1. The van der Waals surface area contributed by atoms with E-state index in [0.717, 1.165) is 24.9 Å². The van der Waals surface area contributed by atoms with E-state index in [1.165, 1.54) is 75.4 Å². The molecule has 8 aromatic rings. The number of allylic oxidation sites excluding steroid dienone is 7. The van der Waals surface area contributed by atoms with Crippen molar-refractivity contribution in [2.75, 3.05) is 0 Å². The van der Waals surface area contributed by atoms with Crippen LogP contribution in [0.3, 0.4) is 0 Å². The van der Waals surface area contributed by atoms with Crippen LogP contribution in [-0.4, -0.2) is 10.7 Å². The van der Waals surface area contributed by atoms with Gasteiger partial charge in [-0.25, -0.2) is 0 Å². The number of rotatable bonds is 6. The molecule has 0 amide bonds. The molecule has 0 radical (unpaired) electrons. The molecule has 4 unspecified atom stereocenters. The summed E-state index contributed by atoms with van der Waals surface area (Å²) in [6.07, 6.45) is 18.9. The minimum Gasteiger partial charge on any atom is -0.309 e. The first-order valence-corrected chi connectivity index (χ1v) is 20.7. The lowest BCUT2D eigenvalue weighted by atomic mass is 9.91. The van der Waals surface area contributed by atoms with Crippen LogP contribution in [0.2, 0.25) is 0 Å². The van der Waals surface area contributed by atoms with Gasteiger partial charge in [-0.1, -0.05) is 146 Å². The molecule has 11 rings (SSSR count). The number of nitrogens with zero attached hydrogens (tertiary/aromatic N) is 1. The Morgan fingerprint density at radius 1 is 0.554 bits per heavy atom. The van der Waals surface area contributed by atoms with Crippen molar-refractivity contribution in [3.8, 4) is 16.8 Å². The minimum absolute atomic E-state index is 0.00722. The summed E-state index contributed by atoms with van der Waals surface area (Å²) in [5.41, 5.74) is 11.4.